The van der Waals surface area contributed by atoms with E-state index in [9.17, 15) is 27.9 Å². The topological polar surface area (TPSA) is 81.7 Å². The van der Waals surface area contributed by atoms with Gasteiger partial charge < -0.3 is 20.6 Å². The second kappa shape index (κ2) is 12.0. The minimum absolute atomic E-state index is 0.0761. The van der Waals surface area contributed by atoms with Crippen LogP contribution in [0.4, 0.5) is 30.2 Å². The van der Waals surface area contributed by atoms with Crippen molar-refractivity contribution in [2.45, 2.75) is 38.0 Å². The van der Waals surface area contributed by atoms with Gasteiger partial charge in [-0.2, -0.15) is 13.2 Å². The van der Waals surface area contributed by atoms with Crippen LogP contribution in [0.1, 0.15) is 41.5 Å². The molecule has 1 saturated heterocycles. The Labute approximate surface area is 236 Å². The lowest BCUT2D eigenvalue weighted by molar-refractivity contribution is -0.137. The predicted octanol–water partition coefficient (Wildman–Crippen LogP) is 6.18. The molecule has 212 valence electrons. The van der Waals surface area contributed by atoms with Gasteiger partial charge in [0.2, 0.25) is 5.91 Å². The minimum Gasteiger partial charge on any atom is -0.383 e. The SMILES string of the molecule is O=C(/C=C/C=C(\c1ccc(N2CCCCC2)cc1)c1ccc(C(F)(F)F)cc1)Nc1cccc2c1CC(O)C(=O)N2. The van der Waals surface area contributed by atoms with E-state index in [-0.39, 0.29) is 6.42 Å². The molecule has 2 heterocycles. The van der Waals surface area contributed by atoms with Gasteiger partial charge in [-0.25, -0.2) is 0 Å². The third-order valence-electron chi connectivity index (χ3n) is 7.33. The van der Waals surface area contributed by atoms with Gasteiger partial charge in [0.05, 0.1) is 5.56 Å². The molecule has 0 bridgehead atoms. The molecule has 1 atom stereocenters. The number of allylic oxidation sites excluding steroid dienone is 2. The Balaban J connectivity index is 1.39. The first-order chi connectivity index (χ1) is 19.7. The van der Waals surface area contributed by atoms with Gasteiger partial charge in [0, 0.05) is 48.2 Å². The smallest absolute Gasteiger partial charge is 0.383 e. The zero-order chi connectivity index (χ0) is 29.0. The molecule has 3 aromatic carbocycles. The summed E-state index contributed by atoms with van der Waals surface area (Å²) in [5.74, 6) is -0.931. The molecule has 0 aromatic heterocycles. The predicted molar refractivity (Wildman–Crippen MR) is 154 cm³/mol. The number of aliphatic hydroxyl groups is 1. The lowest BCUT2D eigenvalue weighted by Crippen LogP contribution is -2.34. The molecule has 3 N–H and O–H groups in total. The third kappa shape index (κ3) is 6.69. The number of nitrogens with zero attached hydrogens (tertiary/aromatic N) is 1. The van der Waals surface area contributed by atoms with E-state index in [1.807, 2.05) is 24.3 Å². The highest BCUT2D eigenvalue weighted by Crippen LogP contribution is 2.33. The van der Waals surface area contributed by atoms with E-state index in [1.54, 1.807) is 30.4 Å². The fourth-order valence-electron chi connectivity index (χ4n) is 5.15. The zero-order valence-corrected chi connectivity index (χ0v) is 22.2. The molecule has 6 nitrogen and oxygen atoms in total. The number of anilines is 3. The molecular formula is C32H30F3N3O3. The fourth-order valence-corrected chi connectivity index (χ4v) is 5.15. The number of aliphatic hydroxyl groups excluding tert-OH is 1. The molecule has 9 heteroatoms. The van der Waals surface area contributed by atoms with Gasteiger partial charge in [0.15, 0.2) is 0 Å². The number of fused-ring (bicyclic) bond motifs is 1. The highest BCUT2D eigenvalue weighted by atomic mass is 19.4. The maximum absolute atomic E-state index is 13.2. The Morgan fingerprint density at radius 3 is 2.27 bits per heavy atom. The van der Waals surface area contributed by atoms with E-state index >= 15 is 0 Å². The number of benzene rings is 3. The van der Waals surface area contributed by atoms with Crippen LogP contribution in [0.5, 0.6) is 0 Å². The molecule has 0 spiro atoms. The maximum atomic E-state index is 13.2. The van der Waals surface area contributed by atoms with Crippen LogP contribution < -0.4 is 15.5 Å². The zero-order valence-electron chi connectivity index (χ0n) is 22.2. The van der Waals surface area contributed by atoms with Gasteiger partial charge in [0.25, 0.3) is 5.91 Å². The molecule has 2 aliphatic heterocycles. The molecule has 1 fully saturated rings. The summed E-state index contributed by atoms with van der Waals surface area (Å²) in [7, 11) is 0. The van der Waals surface area contributed by atoms with Gasteiger partial charge in [-0.15, -0.1) is 0 Å². The minimum atomic E-state index is -4.44. The van der Waals surface area contributed by atoms with Crippen molar-refractivity contribution >= 4 is 34.4 Å². The van der Waals surface area contributed by atoms with Crippen LogP contribution in [0.15, 0.2) is 85.0 Å². The van der Waals surface area contributed by atoms with E-state index in [0.717, 1.165) is 49.3 Å². The lowest BCUT2D eigenvalue weighted by atomic mass is 9.96. The van der Waals surface area contributed by atoms with Crippen LogP contribution in [0, 0.1) is 0 Å². The number of piperidine rings is 1. The number of halogens is 3. The molecule has 5 rings (SSSR count). The second-order valence-corrected chi connectivity index (χ2v) is 10.1. The van der Waals surface area contributed by atoms with Crippen LogP contribution in [0.3, 0.4) is 0 Å². The van der Waals surface area contributed by atoms with Gasteiger partial charge in [-0.05, 0) is 72.4 Å². The summed E-state index contributed by atoms with van der Waals surface area (Å²) in [6.45, 7) is 1.99. The first kappa shape index (κ1) is 28.2. The van der Waals surface area contributed by atoms with Crippen LogP contribution >= 0.6 is 0 Å². The third-order valence-corrected chi connectivity index (χ3v) is 7.33. The van der Waals surface area contributed by atoms with Crippen molar-refractivity contribution in [1.82, 2.24) is 0 Å². The second-order valence-electron chi connectivity index (χ2n) is 10.1. The average Bonchev–Trinajstić information content (AvgIpc) is 2.97. The van der Waals surface area contributed by atoms with Crippen molar-refractivity contribution in [3.8, 4) is 0 Å². The lowest BCUT2D eigenvalue weighted by Gasteiger charge is -2.29. The first-order valence-corrected chi connectivity index (χ1v) is 13.5. The van der Waals surface area contributed by atoms with Gasteiger partial charge in [0.1, 0.15) is 6.10 Å². The molecule has 3 aromatic rings. The Morgan fingerprint density at radius 2 is 1.61 bits per heavy atom. The van der Waals surface area contributed by atoms with Crippen LogP contribution in [-0.4, -0.2) is 36.1 Å². The van der Waals surface area contributed by atoms with E-state index in [2.05, 4.69) is 15.5 Å². The van der Waals surface area contributed by atoms with Crippen molar-refractivity contribution in [3.05, 3.63) is 107 Å². The molecule has 41 heavy (non-hydrogen) atoms. The molecule has 2 amide bonds. The van der Waals surface area contributed by atoms with Crippen molar-refractivity contribution in [2.24, 2.45) is 0 Å². The number of carbonyl (C=O) groups is 2. The van der Waals surface area contributed by atoms with Crippen molar-refractivity contribution < 1.29 is 27.9 Å². The number of alkyl halides is 3. The number of rotatable bonds is 6. The molecule has 0 radical (unpaired) electrons. The Kier molecular flexibility index (Phi) is 8.26. The van der Waals surface area contributed by atoms with Crippen LogP contribution in [0.2, 0.25) is 0 Å². The van der Waals surface area contributed by atoms with Gasteiger partial charge >= 0.3 is 6.18 Å². The standard InChI is InChI=1S/C32H30F3N3O3/c33-32(34,35)23-14-10-21(11-15-23)25(22-12-16-24(17-13-22)38-18-2-1-3-19-38)6-4-9-30(40)36-27-7-5-8-28-26(27)20-29(39)31(41)37-28/h4-17,29,39H,1-3,18-20H2,(H,36,40)(H,37,41)/b9-4+,25-6-. The Bertz CT molecular complexity index is 1470. The summed E-state index contributed by atoms with van der Waals surface area (Å²) in [5, 5.41) is 15.3. The van der Waals surface area contributed by atoms with E-state index in [0.29, 0.717) is 28.1 Å². The van der Waals surface area contributed by atoms with Gasteiger partial charge in [-0.3, -0.25) is 9.59 Å². The van der Waals surface area contributed by atoms with E-state index < -0.39 is 29.7 Å². The quantitative estimate of drug-likeness (QED) is 0.248. The number of amides is 2. The van der Waals surface area contributed by atoms with Crippen molar-refractivity contribution in [1.29, 1.82) is 0 Å². The Hall–Kier alpha value is -4.37. The fraction of sp³-hybridized carbons (Fsp3) is 0.250. The number of hydrogen-bond acceptors (Lipinski definition) is 4. The van der Waals surface area contributed by atoms with E-state index in [1.165, 1.54) is 24.6 Å². The molecule has 0 aliphatic carbocycles. The number of hydrogen-bond donors (Lipinski definition) is 3. The van der Waals surface area contributed by atoms with Crippen molar-refractivity contribution in [2.75, 3.05) is 28.6 Å². The number of carbonyl (C=O) groups excluding carboxylic acids is 2. The summed E-state index contributed by atoms with van der Waals surface area (Å²) >= 11 is 0. The molecule has 2 aliphatic rings. The molecule has 1 unspecified atom stereocenters. The van der Waals surface area contributed by atoms with Gasteiger partial charge in [-0.1, -0.05) is 42.5 Å². The monoisotopic (exact) mass is 561 g/mol. The van der Waals surface area contributed by atoms with Crippen molar-refractivity contribution in [3.63, 3.8) is 0 Å². The highest BCUT2D eigenvalue weighted by Gasteiger charge is 2.30. The van der Waals surface area contributed by atoms with E-state index in [4.69, 9.17) is 0 Å². The summed E-state index contributed by atoms with van der Waals surface area (Å²) in [4.78, 5) is 26.9. The van der Waals surface area contributed by atoms with Crippen LogP contribution in [0.25, 0.3) is 5.57 Å². The highest BCUT2D eigenvalue weighted by molar-refractivity contribution is 6.03. The average molecular weight is 562 g/mol. The largest absolute Gasteiger partial charge is 0.416 e. The van der Waals surface area contributed by atoms with Crippen LogP contribution in [-0.2, 0) is 22.2 Å². The summed E-state index contributed by atoms with van der Waals surface area (Å²) < 4.78 is 39.5. The molecular weight excluding hydrogens is 531 g/mol. The molecule has 0 saturated carbocycles. The summed E-state index contributed by atoms with van der Waals surface area (Å²) in [6.07, 6.45) is 2.52. The summed E-state index contributed by atoms with van der Waals surface area (Å²) in [5.41, 5.74) is 4.03. The summed E-state index contributed by atoms with van der Waals surface area (Å²) in [6, 6.07) is 17.9. The maximum Gasteiger partial charge on any atom is 0.416 e. The Morgan fingerprint density at radius 1 is 0.951 bits per heavy atom. The number of nitrogens with one attached hydrogen (secondary N) is 2. The first-order valence-electron chi connectivity index (χ1n) is 13.5. The normalized spacial score (nSPS) is 17.8.